The first-order chi connectivity index (χ1) is 13.0. The molecule has 0 unspecified atom stereocenters. The van der Waals surface area contributed by atoms with Crippen molar-refractivity contribution in [3.8, 4) is 5.75 Å². The fourth-order valence-corrected chi connectivity index (χ4v) is 2.49. The minimum atomic E-state index is -0.303. The van der Waals surface area contributed by atoms with Crippen LogP contribution in [-0.4, -0.2) is 22.0 Å². The molecule has 1 aromatic heterocycles. The van der Waals surface area contributed by atoms with E-state index in [1.807, 2.05) is 57.2 Å². The number of para-hydroxylation sites is 1. The van der Waals surface area contributed by atoms with Gasteiger partial charge in [0.15, 0.2) is 0 Å². The third kappa shape index (κ3) is 5.04. The summed E-state index contributed by atoms with van der Waals surface area (Å²) in [5.41, 5.74) is 2.97. The number of rotatable bonds is 6. The van der Waals surface area contributed by atoms with Gasteiger partial charge in [0.25, 0.3) is 5.91 Å². The number of ether oxygens (including phenoxy) is 1. The molecular formula is C21H22N4O2. The molecule has 1 heterocycles. The molecule has 0 aliphatic heterocycles. The van der Waals surface area contributed by atoms with Crippen molar-refractivity contribution >= 4 is 23.1 Å². The third-order valence-corrected chi connectivity index (χ3v) is 3.79. The van der Waals surface area contributed by atoms with Crippen molar-refractivity contribution in [3.63, 3.8) is 0 Å². The molecular weight excluding hydrogens is 340 g/mol. The van der Waals surface area contributed by atoms with Crippen LogP contribution in [0.5, 0.6) is 5.75 Å². The summed E-state index contributed by atoms with van der Waals surface area (Å²) >= 11 is 0. The maximum atomic E-state index is 12.5. The van der Waals surface area contributed by atoms with Crippen LogP contribution in [0, 0.1) is 6.92 Å². The summed E-state index contributed by atoms with van der Waals surface area (Å²) in [5.74, 6) is 1.02. The number of carbonyl (C=O) groups is 1. The van der Waals surface area contributed by atoms with Crippen LogP contribution in [0.3, 0.4) is 0 Å². The van der Waals surface area contributed by atoms with Gasteiger partial charge in [-0.3, -0.25) is 4.79 Å². The molecule has 0 radical (unpaired) electrons. The first-order valence-electron chi connectivity index (χ1n) is 8.74. The minimum Gasteiger partial charge on any atom is -0.491 e. The highest BCUT2D eigenvalue weighted by atomic mass is 16.5. The van der Waals surface area contributed by atoms with Crippen LogP contribution in [0.4, 0.5) is 17.2 Å². The Kier molecular flexibility index (Phi) is 5.66. The summed E-state index contributed by atoms with van der Waals surface area (Å²) in [6.45, 7) is 5.94. The summed E-state index contributed by atoms with van der Waals surface area (Å²) in [6.07, 6.45) is 1.47. The Morgan fingerprint density at radius 1 is 1.04 bits per heavy atom. The van der Waals surface area contributed by atoms with Crippen LogP contribution in [0.25, 0.3) is 0 Å². The second kappa shape index (κ2) is 8.31. The molecule has 138 valence electrons. The summed E-state index contributed by atoms with van der Waals surface area (Å²) in [6, 6.07) is 16.7. The summed E-state index contributed by atoms with van der Waals surface area (Å²) < 4.78 is 5.60. The molecule has 0 atom stereocenters. The first kappa shape index (κ1) is 18.4. The van der Waals surface area contributed by atoms with Gasteiger partial charge in [0, 0.05) is 17.4 Å². The van der Waals surface area contributed by atoms with Gasteiger partial charge in [-0.1, -0.05) is 18.2 Å². The Balaban J connectivity index is 1.69. The number of amides is 1. The largest absolute Gasteiger partial charge is 0.491 e. The van der Waals surface area contributed by atoms with Crippen LogP contribution >= 0.6 is 0 Å². The summed E-state index contributed by atoms with van der Waals surface area (Å²) in [4.78, 5) is 20.7. The summed E-state index contributed by atoms with van der Waals surface area (Å²) in [7, 11) is 0. The van der Waals surface area contributed by atoms with Crippen molar-refractivity contribution in [2.45, 2.75) is 26.9 Å². The molecule has 0 aliphatic rings. The molecule has 3 rings (SSSR count). The van der Waals surface area contributed by atoms with E-state index in [0.717, 1.165) is 17.0 Å². The molecule has 27 heavy (non-hydrogen) atoms. The average Bonchev–Trinajstić information content (AvgIpc) is 2.65. The van der Waals surface area contributed by atoms with E-state index in [0.29, 0.717) is 11.5 Å². The van der Waals surface area contributed by atoms with E-state index in [9.17, 15) is 4.79 Å². The van der Waals surface area contributed by atoms with Crippen molar-refractivity contribution in [2.24, 2.45) is 0 Å². The van der Waals surface area contributed by atoms with Gasteiger partial charge in [0.05, 0.1) is 6.10 Å². The zero-order valence-electron chi connectivity index (χ0n) is 15.6. The lowest BCUT2D eigenvalue weighted by atomic mass is 10.2. The normalized spacial score (nSPS) is 10.5. The minimum absolute atomic E-state index is 0.102. The zero-order valence-corrected chi connectivity index (χ0v) is 15.6. The van der Waals surface area contributed by atoms with E-state index >= 15 is 0 Å². The van der Waals surface area contributed by atoms with Crippen molar-refractivity contribution in [1.82, 2.24) is 9.97 Å². The van der Waals surface area contributed by atoms with Gasteiger partial charge in [0.1, 0.15) is 23.6 Å². The van der Waals surface area contributed by atoms with Crippen LogP contribution in [0.1, 0.15) is 29.9 Å². The fourth-order valence-electron chi connectivity index (χ4n) is 2.49. The lowest BCUT2D eigenvalue weighted by Gasteiger charge is -2.11. The number of aromatic nitrogens is 2. The van der Waals surface area contributed by atoms with Crippen LogP contribution in [0.2, 0.25) is 0 Å². The highest BCUT2D eigenvalue weighted by Gasteiger charge is 2.10. The topological polar surface area (TPSA) is 76.1 Å². The van der Waals surface area contributed by atoms with E-state index in [-0.39, 0.29) is 17.7 Å². The lowest BCUT2D eigenvalue weighted by molar-refractivity contribution is 0.102. The van der Waals surface area contributed by atoms with Gasteiger partial charge < -0.3 is 15.4 Å². The predicted molar refractivity (Wildman–Crippen MR) is 107 cm³/mol. The fraction of sp³-hybridized carbons (Fsp3) is 0.190. The Labute approximate surface area is 158 Å². The number of nitrogens with one attached hydrogen (secondary N) is 2. The van der Waals surface area contributed by atoms with Gasteiger partial charge in [-0.25, -0.2) is 9.97 Å². The Morgan fingerprint density at radius 2 is 1.78 bits per heavy atom. The predicted octanol–water partition coefficient (Wildman–Crippen LogP) is 4.57. The number of benzene rings is 2. The summed E-state index contributed by atoms with van der Waals surface area (Å²) in [5, 5.41) is 6.04. The molecule has 0 aliphatic carbocycles. The van der Waals surface area contributed by atoms with Gasteiger partial charge >= 0.3 is 0 Å². The number of anilines is 3. The van der Waals surface area contributed by atoms with Gasteiger partial charge in [-0.2, -0.15) is 0 Å². The van der Waals surface area contributed by atoms with Gasteiger partial charge in [-0.15, -0.1) is 0 Å². The third-order valence-electron chi connectivity index (χ3n) is 3.79. The smallest absolute Gasteiger partial charge is 0.274 e. The number of carbonyl (C=O) groups excluding carboxylic acids is 1. The second-order valence-corrected chi connectivity index (χ2v) is 6.37. The first-order valence-corrected chi connectivity index (χ1v) is 8.74. The van der Waals surface area contributed by atoms with Crippen molar-refractivity contribution in [2.75, 3.05) is 10.6 Å². The highest BCUT2D eigenvalue weighted by molar-refractivity contribution is 6.03. The number of nitrogens with zero attached hydrogens (tertiary/aromatic N) is 2. The van der Waals surface area contributed by atoms with Crippen LogP contribution in [-0.2, 0) is 0 Å². The molecule has 0 spiro atoms. The standard InChI is InChI=1S/C21H22N4O2/c1-14(2)27-17-10-8-16(9-11-17)24-21(26)19-12-20(23-13-22-19)25-18-7-5-4-6-15(18)3/h4-14H,1-3H3,(H,24,26)(H,22,23,25). The van der Waals surface area contributed by atoms with E-state index in [1.165, 1.54) is 6.33 Å². The molecule has 3 aromatic rings. The molecule has 2 N–H and O–H groups in total. The monoisotopic (exact) mass is 362 g/mol. The van der Waals surface area contributed by atoms with E-state index in [1.54, 1.807) is 18.2 Å². The highest BCUT2D eigenvalue weighted by Crippen LogP contribution is 2.20. The second-order valence-electron chi connectivity index (χ2n) is 6.37. The van der Waals surface area contributed by atoms with Gasteiger partial charge in [-0.05, 0) is 56.7 Å². The van der Waals surface area contributed by atoms with Gasteiger partial charge in [0.2, 0.25) is 0 Å². The number of aryl methyl sites for hydroxylation is 1. The lowest BCUT2D eigenvalue weighted by Crippen LogP contribution is -2.14. The average molecular weight is 362 g/mol. The molecule has 0 bridgehead atoms. The van der Waals surface area contributed by atoms with E-state index < -0.39 is 0 Å². The molecule has 0 fully saturated rings. The Bertz CT molecular complexity index is 923. The molecule has 0 saturated heterocycles. The van der Waals surface area contributed by atoms with Crippen molar-refractivity contribution in [1.29, 1.82) is 0 Å². The maximum Gasteiger partial charge on any atom is 0.274 e. The molecule has 6 heteroatoms. The Morgan fingerprint density at radius 3 is 2.48 bits per heavy atom. The SMILES string of the molecule is Cc1ccccc1Nc1cc(C(=O)Nc2ccc(OC(C)C)cc2)ncn1. The molecule has 6 nitrogen and oxygen atoms in total. The molecule has 0 saturated carbocycles. The van der Waals surface area contributed by atoms with Crippen molar-refractivity contribution < 1.29 is 9.53 Å². The van der Waals surface area contributed by atoms with Crippen LogP contribution in [0.15, 0.2) is 60.9 Å². The van der Waals surface area contributed by atoms with Crippen LogP contribution < -0.4 is 15.4 Å². The molecule has 2 aromatic carbocycles. The van der Waals surface area contributed by atoms with E-state index in [4.69, 9.17) is 4.74 Å². The zero-order chi connectivity index (χ0) is 19.2. The number of hydrogen-bond donors (Lipinski definition) is 2. The maximum absolute atomic E-state index is 12.5. The number of hydrogen-bond acceptors (Lipinski definition) is 5. The molecule has 1 amide bonds. The van der Waals surface area contributed by atoms with Crippen molar-refractivity contribution in [3.05, 3.63) is 72.2 Å². The van der Waals surface area contributed by atoms with E-state index in [2.05, 4.69) is 20.6 Å². The Hall–Kier alpha value is -3.41. The quantitative estimate of drug-likeness (QED) is 0.672.